The van der Waals surface area contributed by atoms with Gasteiger partial charge < -0.3 is 10.1 Å². The predicted molar refractivity (Wildman–Crippen MR) is 119 cm³/mol. The third-order valence-corrected chi connectivity index (χ3v) is 7.20. The molecule has 0 spiro atoms. The molecule has 3 rings (SSSR count). The zero-order valence-corrected chi connectivity index (χ0v) is 19.1. The van der Waals surface area contributed by atoms with E-state index in [9.17, 15) is 17.6 Å². The quantitative estimate of drug-likeness (QED) is 0.690. The Labute approximate surface area is 183 Å². The Kier molecular flexibility index (Phi) is 6.59. The number of ether oxygens (including phenoxy) is 1. The number of sulfonamides is 1. The molecule has 1 aliphatic heterocycles. The molecule has 31 heavy (non-hydrogen) atoms. The number of amides is 1. The van der Waals surface area contributed by atoms with Crippen molar-refractivity contribution in [3.8, 4) is 5.75 Å². The van der Waals surface area contributed by atoms with Gasteiger partial charge in [-0.25, -0.2) is 12.8 Å². The maximum absolute atomic E-state index is 13.7. The van der Waals surface area contributed by atoms with E-state index < -0.39 is 33.4 Å². The van der Waals surface area contributed by atoms with Crippen molar-refractivity contribution < 1.29 is 22.3 Å². The van der Waals surface area contributed by atoms with Gasteiger partial charge in [-0.2, -0.15) is 0 Å². The van der Waals surface area contributed by atoms with Crippen LogP contribution in [-0.4, -0.2) is 32.2 Å². The van der Waals surface area contributed by atoms with Crippen molar-refractivity contribution in [2.75, 3.05) is 10.6 Å². The molecule has 0 unspecified atom stereocenters. The largest absolute Gasteiger partial charge is 0.487 e. The van der Waals surface area contributed by atoms with Gasteiger partial charge in [-0.05, 0) is 44.0 Å². The minimum absolute atomic E-state index is 0.106. The van der Waals surface area contributed by atoms with Crippen LogP contribution in [0.25, 0.3) is 0 Å². The Morgan fingerprint density at radius 2 is 1.90 bits per heavy atom. The molecule has 1 aliphatic rings. The van der Waals surface area contributed by atoms with E-state index in [0.717, 1.165) is 40.8 Å². The predicted octanol–water partition coefficient (Wildman–Crippen LogP) is 4.18. The number of benzene rings is 2. The second-order valence-electron chi connectivity index (χ2n) is 8.01. The highest BCUT2D eigenvalue weighted by atomic mass is 32.2. The molecule has 0 fully saturated rings. The standard InChI is InChI=1S/C23H29FN2O4S/c1-5-23(6-2)15-20(19-12-7-8-13-21(19)30-23)25-22(27)16(3)26(31(4,28)29)18-11-9-10-17(24)14-18/h7-14,16,20H,5-6,15H2,1-4H3,(H,25,27)/t16-,20-/m0/s1. The molecule has 2 atom stereocenters. The fourth-order valence-corrected chi connectivity index (χ4v) is 5.31. The van der Waals surface area contributed by atoms with Crippen LogP contribution >= 0.6 is 0 Å². The van der Waals surface area contributed by atoms with Crippen LogP contribution in [0.4, 0.5) is 10.1 Å². The van der Waals surface area contributed by atoms with E-state index in [1.54, 1.807) is 0 Å². The molecule has 0 saturated heterocycles. The lowest BCUT2D eigenvalue weighted by Gasteiger charge is -2.42. The highest BCUT2D eigenvalue weighted by Crippen LogP contribution is 2.42. The minimum atomic E-state index is -3.83. The monoisotopic (exact) mass is 448 g/mol. The highest BCUT2D eigenvalue weighted by Gasteiger charge is 2.40. The van der Waals surface area contributed by atoms with Crippen molar-refractivity contribution in [3.63, 3.8) is 0 Å². The Balaban J connectivity index is 1.91. The Morgan fingerprint density at radius 1 is 1.23 bits per heavy atom. The van der Waals surface area contributed by atoms with Crippen LogP contribution in [0, 0.1) is 5.82 Å². The molecule has 0 bridgehead atoms. The van der Waals surface area contributed by atoms with Crippen LogP contribution in [0.15, 0.2) is 48.5 Å². The summed E-state index contributed by atoms with van der Waals surface area (Å²) in [6.07, 6.45) is 3.13. The molecule has 8 heteroatoms. The Bertz CT molecular complexity index is 1050. The molecule has 2 aromatic carbocycles. The van der Waals surface area contributed by atoms with Gasteiger partial charge in [0.15, 0.2) is 0 Å². The van der Waals surface area contributed by atoms with Crippen molar-refractivity contribution in [2.24, 2.45) is 0 Å². The second-order valence-corrected chi connectivity index (χ2v) is 9.87. The van der Waals surface area contributed by atoms with Crippen molar-refractivity contribution in [1.82, 2.24) is 5.32 Å². The number of carbonyl (C=O) groups excluding carboxylic acids is 1. The van der Waals surface area contributed by atoms with E-state index in [1.165, 1.54) is 25.1 Å². The van der Waals surface area contributed by atoms with Gasteiger partial charge in [0.05, 0.1) is 18.0 Å². The van der Waals surface area contributed by atoms with Crippen LogP contribution in [0.3, 0.4) is 0 Å². The highest BCUT2D eigenvalue weighted by molar-refractivity contribution is 7.92. The first kappa shape index (κ1) is 23.1. The maximum atomic E-state index is 13.7. The number of anilines is 1. The second kappa shape index (κ2) is 8.86. The number of nitrogens with one attached hydrogen (secondary N) is 1. The summed E-state index contributed by atoms with van der Waals surface area (Å²) in [6, 6.07) is 11.4. The molecular formula is C23H29FN2O4S. The molecule has 0 radical (unpaired) electrons. The maximum Gasteiger partial charge on any atom is 0.244 e. The number of carbonyl (C=O) groups is 1. The first-order chi connectivity index (χ1) is 14.6. The van der Waals surface area contributed by atoms with E-state index in [2.05, 4.69) is 5.32 Å². The van der Waals surface area contributed by atoms with E-state index >= 15 is 0 Å². The molecule has 1 heterocycles. The SMILES string of the molecule is CCC1(CC)C[C@H](NC(=O)[C@H](C)N(c2cccc(F)c2)S(C)(=O)=O)c2ccccc2O1. The fourth-order valence-electron chi connectivity index (χ4n) is 4.14. The summed E-state index contributed by atoms with van der Waals surface area (Å²) in [7, 11) is -3.83. The van der Waals surface area contributed by atoms with Crippen LogP contribution in [0.1, 0.15) is 51.6 Å². The molecule has 0 aromatic heterocycles. The van der Waals surface area contributed by atoms with Crippen LogP contribution < -0.4 is 14.4 Å². The zero-order valence-electron chi connectivity index (χ0n) is 18.3. The summed E-state index contributed by atoms with van der Waals surface area (Å²) in [5.74, 6) is -0.314. The van der Waals surface area contributed by atoms with Gasteiger partial charge in [-0.15, -0.1) is 0 Å². The smallest absolute Gasteiger partial charge is 0.244 e. The Hall–Kier alpha value is -2.61. The van der Waals surface area contributed by atoms with E-state index in [4.69, 9.17) is 4.74 Å². The molecule has 168 valence electrons. The topological polar surface area (TPSA) is 75.7 Å². The number of halogens is 1. The lowest BCUT2D eigenvalue weighted by molar-refractivity contribution is -0.123. The van der Waals surface area contributed by atoms with Gasteiger partial charge in [0.1, 0.15) is 23.2 Å². The summed E-state index contributed by atoms with van der Waals surface area (Å²) in [5, 5.41) is 3.02. The van der Waals surface area contributed by atoms with E-state index in [-0.39, 0.29) is 11.7 Å². The number of hydrogen-bond acceptors (Lipinski definition) is 4. The van der Waals surface area contributed by atoms with Crippen LogP contribution in [0.2, 0.25) is 0 Å². The van der Waals surface area contributed by atoms with Crippen LogP contribution in [-0.2, 0) is 14.8 Å². The van der Waals surface area contributed by atoms with Gasteiger partial charge >= 0.3 is 0 Å². The first-order valence-corrected chi connectivity index (χ1v) is 12.3. The number of rotatable bonds is 7. The molecule has 0 aliphatic carbocycles. The van der Waals surface area contributed by atoms with Gasteiger partial charge in [0, 0.05) is 12.0 Å². The number of nitrogens with zero attached hydrogens (tertiary/aromatic N) is 1. The summed E-state index contributed by atoms with van der Waals surface area (Å²) in [5.41, 5.74) is 0.556. The number of para-hydroxylation sites is 1. The third-order valence-electron chi connectivity index (χ3n) is 5.95. The van der Waals surface area contributed by atoms with E-state index in [0.29, 0.717) is 6.42 Å². The van der Waals surface area contributed by atoms with Crippen molar-refractivity contribution in [3.05, 3.63) is 59.9 Å². The number of fused-ring (bicyclic) bond motifs is 1. The average molecular weight is 449 g/mol. The van der Waals surface area contributed by atoms with Crippen molar-refractivity contribution in [2.45, 2.75) is 57.7 Å². The first-order valence-electron chi connectivity index (χ1n) is 10.4. The van der Waals surface area contributed by atoms with Crippen molar-refractivity contribution >= 4 is 21.6 Å². The van der Waals surface area contributed by atoms with Crippen molar-refractivity contribution in [1.29, 1.82) is 0 Å². The van der Waals surface area contributed by atoms with Gasteiger partial charge in [-0.3, -0.25) is 9.10 Å². The fraction of sp³-hybridized carbons (Fsp3) is 0.435. The van der Waals surface area contributed by atoms with Gasteiger partial charge in [0.2, 0.25) is 15.9 Å². The van der Waals surface area contributed by atoms with E-state index in [1.807, 2.05) is 38.1 Å². The summed E-state index contributed by atoms with van der Waals surface area (Å²) in [4.78, 5) is 13.2. The molecular weight excluding hydrogens is 419 g/mol. The molecule has 1 amide bonds. The lowest BCUT2D eigenvalue weighted by atomic mass is 9.83. The molecule has 2 aromatic rings. The molecule has 1 N–H and O–H groups in total. The molecule has 0 saturated carbocycles. The average Bonchev–Trinajstić information content (AvgIpc) is 2.72. The lowest BCUT2D eigenvalue weighted by Crippen LogP contribution is -2.51. The normalized spacial score (nSPS) is 18.4. The number of hydrogen-bond donors (Lipinski definition) is 1. The van der Waals surface area contributed by atoms with Gasteiger partial charge in [0.25, 0.3) is 0 Å². The summed E-state index contributed by atoms with van der Waals surface area (Å²) >= 11 is 0. The summed E-state index contributed by atoms with van der Waals surface area (Å²) < 4.78 is 45.9. The van der Waals surface area contributed by atoms with Crippen LogP contribution in [0.5, 0.6) is 5.75 Å². The minimum Gasteiger partial charge on any atom is -0.487 e. The zero-order chi connectivity index (χ0) is 22.8. The summed E-state index contributed by atoms with van der Waals surface area (Å²) in [6.45, 7) is 5.60. The third kappa shape index (κ3) is 4.84. The molecule has 6 nitrogen and oxygen atoms in total. The van der Waals surface area contributed by atoms with Gasteiger partial charge in [-0.1, -0.05) is 38.1 Å². The Morgan fingerprint density at radius 3 is 2.52 bits per heavy atom.